The van der Waals surface area contributed by atoms with Crippen LogP contribution in [0.25, 0.3) is 33.2 Å². The first-order valence-electron chi connectivity index (χ1n) is 14.3. The van der Waals surface area contributed by atoms with Gasteiger partial charge in [-0.3, -0.25) is 0 Å². The molecule has 212 valence electrons. The Labute approximate surface area is 238 Å². The molecule has 2 fully saturated rings. The molecule has 0 bridgehead atoms. The zero-order valence-electron chi connectivity index (χ0n) is 23.7. The molecule has 0 saturated carbocycles. The predicted molar refractivity (Wildman–Crippen MR) is 160 cm³/mol. The van der Waals surface area contributed by atoms with Crippen molar-refractivity contribution in [1.29, 1.82) is 0 Å². The number of halogens is 1. The maximum absolute atomic E-state index is 15.4. The highest BCUT2D eigenvalue weighted by molar-refractivity contribution is 5.96. The van der Waals surface area contributed by atoms with Crippen LogP contribution in [0.15, 0.2) is 42.9 Å². The Morgan fingerprint density at radius 3 is 2.54 bits per heavy atom. The zero-order valence-corrected chi connectivity index (χ0v) is 23.7. The first kappa shape index (κ1) is 25.8. The number of anilines is 3. The number of imidazole rings is 1. The highest BCUT2D eigenvalue weighted by Gasteiger charge is 2.24. The third kappa shape index (κ3) is 4.89. The number of pyridine rings is 1. The number of aromatic amines is 1. The summed E-state index contributed by atoms with van der Waals surface area (Å²) in [6.45, 7) is 7.97. The summed E-state index contributed by atoms with van der Waals surface area (Å²) in [5.74, 6) is 1.97. The molecule has 11 heteroatoms. The van der Waals surface area contributed by atoms with Gasteiger partial charge in [-0.15, -0.1) is 0 Å². The van der Waals surface area contributed by atoms with E-state index in [1.807, 2.05) is 31.5 Å². The predicted octanol–water partition coefficient (Wildman–Crippen LogP) is 4.58. The molecule has 0 radical (unpaired) electrons. The summed E-state index contributed by atoms with van der Waals surface area (Å²) in [5.41, 5.74) is 4.49. The number of nitrogens with zero attached hydrogens (tertiary/aromatic N) is 8. The van der Waals surface area contributed by atoms with Crippen LogP contribution in [-0.4, -0.2) is 92.7 Å². The normalized spacial score (nSPS) is 17.6. The van der Waals surface area contributed by atoms with Gasteiger partial charge in [-0.2, -0.15) is 4.98 Å². The van der Waals surface area contributed by atoms with Gasteiger partial charge in [-0.1, -0.05) is 0 Å². The Kier molecular flexibility index (Phi) is 6.55. The number of fused-ring (bicyclic) bond motifs is 2. The van der Waals surface area contributed by atoms with Crippen molar-refractivity contribution in [3.63, 3.8) is 0 Å². The summed E-state index contributed by atoms with van der Waals surface area (Å²) in [7, 11) is 4.29. The monoisotopic (exact) mass is 554 g/mol. The average Bonchev–Trinajstić information content (AvgIpc) is 3.54. The fourth-order valence-electron chi connectivity index (χ4n) is 6.18. The number of benzene rings is 1. The van der Waals surface area contributed by atoms with Crippen molar-refractivity contribution in [2.75, 3.05) is 63.6 Å². The lowest BCUT2D eigenvalue weighted by atomic mass is 10.0. The molecule has 5 aromatic rings. The first-order chi connectivity index (χ1) is 19.9. The topological polar surface area (TPSA) is 94.0 Å². The Morgan fingerprint density at radius 2 is 1.73 bits per heavy atom. The van der Waals surface area contributed by atoms with Crippen LogP contribution in [0.3, 0.4) is 0 Å². The number of hydrogen-bond donors (Lipinski definition) is 2. The minimum absolute atomic E-state index is 0.310. The molecular formula is C30H35FN10. The van der Waals surface area contributed by atoms with Crippen molar-refractivity contribution in [3.05, 3.63) is 54.5 Å². The van der Waals surface area contributed by atoms with Crippen LogP contribution in [0.4, 0.5) is 21.8 Å². The number of nitrogens with one attached hydrogen (secondary N) is 2. The van der Waals surface area contributed by atoms with Crippen molar-refractivity contribution < 1.29 is 4.39 Å². The number of piperidine rings is 1. The minimum atomic E-state index is -0.310. The van der Waals surface area contributed by atoms with Gasteiger partial charge in [0.05, 0.1) is 5.52 Å². The molecule has 0 unspecified atom stereocenters. The maximum Gasteiger partial charge on any atom is 0.229 e. The number of likely N-dealkylation sites (tertiary alicyclic amines) is 1. The molecule has 2 aliphatic rings. The molecule has 41 heavy (non-hydrogen) atoms. The van der Waals surface area contributed by atoms with Crippen molar-refractivity contribution in [3.8, 4) is 11.1 Å². The first-order valence-corrected chi connectivity index (χ1v) is 14.3. The molecule has 2 N–H and O–H groups in total. The van der Waals surface area contributed by atoms with Gasteiger partial charge in [0.25, 0.3) is 0 Å². The summed E-state index contributed by atoms with van der Waals surface area (Å²) < 4.78 is 17.6. The van der Waals surface area contributed by atoms with E-state index in [1.54, 1.807) is 12.3 Å². The maximum atomic E-state index is 15.4. The number of H-pyrrole nitrogens is 1. The van der Waals surface area contributed by atoms with Crippen LogP contribution in [0.5, 0.6) is 0 Å². The number of piperazine rings is 1. The van der Waals surface area contributed by atoms with Gasteiger partial charge in [0.2, 0.25) is 5.95 Å². The van der Waals surface area contributed by atoms with Gasteiger partial charge in [0, 0.05) is 73.5 Å². The molecular weight excluding hydrogens is 519 g/mol. The minimum Gasteiger partial charge on any atom is -0.354 e. The summed E-state index contributed by atoms with van der Waals surface area (Å²) >= 11 is 0. The Hall–Kier alpha value is -4.09. The Morgan fingerprint density at radius 1 is 0.951 bits per heavy atom. The van der Waals surface area contributed by atoms with E-state index >= 15 is 4.39 Å². The number of hydrogen-bond acceptors (Lipinski definition) is 8. The molecule has 1 aromatic carbocycles. The molecule has 0 atom stereocenters. The SMILES string of the molecule is Cc1nc2c(F)cc(-c3c[nH]c4nc(Nc5ccnc(N6CCN(C)CC6)c5)ncc34)cc2n1C1CCN(C)CC1. The van der Waals surface area contributed by atoms with E-state index < -0.39 is 0 Å². The van der Waals surface area contributed by atoms with Crippen LogP contribution in [-0.2, 0) is 0 Å². The van der Waals surface area contributed by atoms with Crippen LogP contribution < -0.4 is 10.2 Å². The van der Waals surface area contributed by atoms with E-state index in [9.17, 15) is 0 Å². The quantitative estimate of drug-likeness (QED) is 0.326. The van der Waals surface area contributed by atoms with Gasteiger partial charge < -0.3 is 29.6 Å². The summed E-state index contributed by atoms with van der Waals surface area (Å²) in [6, 6.07) is 7.89. The third-order valence-electron chi connectivity index (χ3n) is 8.55. The average molecular weight is 555 g/mol. The standard InChI is InChI=1S/C30H35FN10/c1-19-35-28-25(31)14-20(15-26(28)41(19)22-5-8-38(2)9-6-22)23-17-33-29-24(23)18-34-30(37-29)36-21-4-7-32-27(16-21)40-12-10-39(3)11-13-40/h4,7,14-18,22H,5-6,8-13H2,1-3H3,(H2,32,33,34,36,37). The second-order valence-electron chi connectivity index (χ2n) is 11.4. The van der Waals surface area contributed by atoms with Crippen LogP contribution in [0.2, 0.25) is 0 Å². The van der Waals surface area contributed by atoms with Crippen LogP contribution in [0.1, 0.15) is 24.7 Å². The molecule has 10 nitrogen and oxygen atoms in total. The lowest BCUT2D eigenvalue weighted by Crippen LogP contribution is -2.44. The molecule has 0 spiro atoms. The zero-order chi connectivity index (χ0) is 28.1. The Bertz CT molecular complexity index is 1710. The second kappa shape index (κ2) is 10.4. The van der Waals surface area contributed by atoms with Crippen molar-refractivity contribution in [1.82, 2.24) is 39.3 Å². The second-order valence-corrected chi connectivity index (χ2v) is 11.4. The van der Waals surface area contributed by atoms with Gasteiger partial charge in [-0.05, 0) is 70.7 Å². The highest BCUT2D eigenvalue weighted by Crippen LogP contribution is 2.35. The van der Waals surface area contributed by atoms with Crippen molar-refractivity contribution in [2.24, 2.45) is 0 Å². The third-order valence-corrected chi connectivity index (χ3v) is 8.55. The number of aryl methyl sites for hydroxylation is 1. The number of aromatic nitrogens is 6. The van der Waals surface area contributed by atoms with Gasteiger partial charge in [0.1, 0.15) is 22.8 Å². The van der Waals surface area contributed by atoms with Crippen molar-refractivity contribution >= 4 is 39.5 Å². The van der Waals surface area contributed by atoms with E-state index in [2.05, 4.69) is 64.7 Å². The molecule has 7 rings (SSSR count). The molecule has 0 amide bonds. The molecule has 2 saturated heterocycles. The fraction of sp³-hybridized carbons (Fsp3) is 0.400. The number of rotatable bonds is 5. The Balaban J connectivity index is 1.17. The van der Waals surface area contributed by atoms with Gasteiger partial charge >= 0.3 is 0 Å². The smallest absolute Gasteiger partial charge is 0.229 e. The summed E-state index contributed by atoms with van der Waals surface area (Å²) in [6.07, 6.45) is 7.54. The molecule has 2 aliphatic heterocycles. The van der Waals surface area contributed by atoms with E-state index in [0.717, 1.165) is 91.5 Å². The molecule has 4 aromatic heterocycles. The van der Waals surface area contributed by atoms with Crippen LogP contribution >= 0.6 is 0 Å². The van der Waals surface area contributed by atoms with Crippen LogP contribution in [0, 0.1) is 12.7 Å². The van der Waals surface area contributed by atoms with Gasteiger partial charge in [-0.25, -0.2) is 19.3 Å². The highest BCUT2D eigenvalue weighted by atomic mass is 19.1. The molecule has 6 heterocycles. The van der Waals surface area contributed by atoms with E-state index in [4.69, 9.17) is 4.98 Å². The molecule has 0 aliphatic carbocycles. The summed E-state index contributed by atoms with van der Waals surface area (Å²) in [5, 5.41) is 4.16. The lowest BCUT2D eigenvalue weighted by molar-refractivity contribution is 0.222. The van der Waals surface area contributed by atoms with E-state index in [0.29, 0.717) is 23.2 Å². The fourth-order valence-corrected chi connectivity index (χ4v) is 6.18. The largest absolute Gasteiger partial charge is 0.354 e. The van der Waals surface area contributed by atoms with Gasteiger partial charge in [0.15, 0.2) is 5.82 Å². The van der Waals surface area contributed by atoms with Crippen molar-refractivity contribution in [2.45, 2.75) is 25.8 Å². The number of likely N-dealkylation sites (N-methyl/N-ethyl adjacent to an activating group) is 1. The summed E-state index contributed by atoms with van der Waals surface area (Å²) in [4.78, 5) is 28.7. The van der Waals surface area contributed by atoms with E-state index in [-0.39, 0.29) is 5.82 Å². The van der Waals surface area contributed by atoms with E-state index in [1.165, 1.54) is 0 Å². The lowest BCUT2D eigenvalue weighted by Gasteiger charge is -2.33.